The van der Waals surface area contributed by atoms with E-state index in [0.717, 1.165) is 6.07 Å². The summed E-state index contributed by atoms with van der Waals surface area (Å²) in [6.07, 6.45) is 2.89. The van der Waals surface area contributed by atoms with Crippen LogP contribution in [0.25, 0.3) is 0 Å². The summed E-state index contributed by atoms with van der Waals surface area (Å²) < 4.78 is 20.0. The van der Waals surface area contributed by atoms with Gasteiger partial charge in [0, 0.05) is 6.07 Å². The van der Waals surface area contributed by atoms with Gasteiger partial charge in [0.25, 0.3) is 5.69 Å². The van der Waals surface area contributed by atoms with Gasteiger partial charge in [0.1, 0.15) is 0 Å². The number of nitrogens with zero attached hydrogens (tertiary/aromatic N) is 1. The molecule has 0 spiro atoms. The molecule has 0 unspecified atom stereocenters. The third-order valence-corrected chi connectivity index (χ3v) is 4.95. The lowest BCUT2D eigenvalue weighted by molar-refractivity contribution is -0.384. The first kappa shape index (κ1) is 22.2. The molecule has 1 saturated carbocycles. The Morgan fingerprint density at radius 2 is 1.90 bits per heavy atom. The number of nitro groups is 1. The molecule has 0 aliphatic heterocycles. The zero-order valence-electron chi connectivity index (χ0n) is 15.9. The van der Waals surface area contributed by atoms with Crippen LogP contribution >= 0.6 is 0 Å². The second-order valence-corrected chi connectivity index (χ2v) is 6.79. The fraction of sp³-hybridized carbons (Fsp3) is 0.500. The number of hydrogen-bond acceptors (Lipinski definition) is 7. The molecule has 1 fully saturated rings. The molecule has 0 aromatic heterocycles. The molecule has 1 aromatic carbocycles. The highest BCUT2D eigenvalue weighted by Gasteiger charge is 2.30. The second-order valence-electron chi connectivity index (χ2n) is 6.79. The number of amides is 2. The number of nitrogens with two attached hydrogens (primary N) is 1. The number of ether oxygens (including phenoxy) is 1. The monoisotopic (exact) mass is 410 g/mol. The van der Waals surface area contributed by atoms with Crippen LogP contribution in [0.2, 0.25) is 0 Å². The summed E-state index contributed by atoms with van der Waals surface area (Å²) in [7, 11) is 0. The van der Waals surface area contributed by atoms with E-state index in [1.54, 1.807) is 12.3 Å². The van der Waals surface area contributed by atoms with Crippen molar-refractivity contribution in [3.05, 3.63) is 33.6 Å². The number of rotatable bonds is 6. The van der Waals surface area contributed by atoms with Crippen LogP contribution in [0.15, 0.2) is 12.1 Å². The van der Waals surface area contributed by atoms with Crippen LogP contribution in [0.4, 0.5) is 15.8 Å². The highest BCUT2D eigenvalue weighted by atomic mass is 19.1. The van der Waals surface area contributed by atoms with Gasteiger partial charge in [0.2, 0.25) is 0 Å². The highest BCUT2D eigenvalue weighted by molar-refractivity contribution is 6.39. The third kappa shape index (κ3) is 5.47. The number of hydrogen-bond donors (Lipinski definition) is 3. The standard InChI is InChI=1S/C18H23FN4O6/c1-2-29-18(26)11-5-3-10(4-6-11)9-12-7-8-13(23(27)28)15(14(12)19)21-16(24)17(25)22-20/h7-8,10-11H,2-6,9,20H2,1H3,(H,21,24)(H,22,25). The molecule has 1 aliphatic carbocycles. The Morgan fingerprint density at radius 3 is 2.45 bits per heavy atom. The van der Waals surface area contributed by atoms with Crippen molar-refractivity contribution in [3.63, 3.8) is 0 Å². The minimum absolute atomic E-state index is 0.0764. The van der Waals surface area contributed by atoms with E-state index in [1.165, 1.54) is 6.07 Å². The van der Waals surface area contributed by atoms with Gasteiger partial charge in [0.05, 0.1) is 17.4 Å². The average Bonchev–Trinajstić information content (AvgIpc) is 2.70. The molecular weight excluding hydrogens is 387 g/mol. The molecule has 29 heavy (non-hydrogen) atoms. The Balaban J connectivity index is 2.15. The Labute approximate surface area is 166 Å². The number of nitrogens with one attached hydrogen (secondary N) is 2. The number of nitro benzene ring substituents is 1. The molecular formula is C18H23FN4O6. The average molecular weight is 410 g/mol. The zero-order chi connectivity index (χ0) is 21.6. The van der Waals surface area contributed by atoms with E-state index >= 15 is 0 Å². The largest absolute Gasteiger partial charge is 0.466 e. The Hall–Kier alpha value is -3.08. The van der Waals surface area contributed by atoms with E-state index in [2.05, 4.69) is 0 Å². The molecule has 1 aromatic rings. The van der Waals surface area contributed by atoms with Crippen molar-refractivity contribution < 1.29 is 28.4 Å². The van der Waals surface area contributed by atoms with Gasteiger partial charge in [0.15, 0.2) is 11.5 Å². The number of benzene rings is 1. The number of carbonyl (C=O) groups is 3. The third-order valence-electron chi connectivity index (χ3n) is 4.95. The van der Waals surface area contributed by atoms with Crippen LogP contribution in [-0.2, 0) is 25.5 Å². The minimum Gasteiger partial charge on any atom is -0.466 e. The van der Waals surface area contributed by atoms with E-state index in [9.17, 15) is 28.9 Å². The van der Waals surface area contributed by atoms with Crippen LogP contribution in [-0.4, -0.2) is 29.3 Å². The lowest BCUT2D eigenvalue weighted by atomic mass is 9.79. The number of hydrazine groups is 1. The van der Waals surface area contributed by atoms with Crippen LogP contribution in [0.3, 0.4) is 0 Å². The quantitative estimate of drug-likeness (QED) is 0.161. The summed E-state index contributed by atoms with van der Waals surface area (Å²) in [6.45, 7) is 2.07. The maximum atomic E-state index is 14.9. The number of halogens is 1. The molecule has 0 atom stereocenters. The highest BCUT2D eigenvalue weighted by Crippen LogP contribution is 2.35. The van der Waals surface area contributed by atoms with Gasteiger partial charge >= 0.3 is 17.8 Å². The fourth-order valence-corrected chi connectivity index (χ4v) is 3.45. The lowest BCUT2D eigenvalue weighted by Gasteiger charge is -2.27. The summed E-state index contributed by atoms with van der Waals surface area (Å²) in [5.74, 6) is 0.979. The maximum absolute atomic E-state index is 14.9. The summed E-state index contributed by atoms with van der Waals surface area (Å²) in [4.78, 5) is 45.1. The van der Waals surface area contributed by atoms with E-state index in [4.69, 9.17) is 10.6 Å². The van der Waals surface area contributed by atoms with Crippen molar-refractivity contribution in [1.29, 1.82) is 0 Å². The predicted molar refractivity (Wildman–Crippen MR) is 99.8 cm³/mol. The van der Waals surface area contributed by atoms with Crippen molar-refractivity contribution in [2.24, 2.45) is 17.7 Å². The molecule has 2 amide bonds. The van der Waals surface area contributed by atoms with E-state index in [0.29, 0.717) is 32.3 Å². The molecule has 0 heterocycles. The van der Waals surface area contributed by atoms with Crippen LogP contribution in [0, 0.1) is 27.8 Å². The second kappa shape index (κ2) is 9.92. The first-order valence-electron chi connectivity index (χ1n) is 9.22. The van der Waals surface area contributed by atoms with Crippen molar-refractivity contribution in [2.45, 2.75) is 39.0 Å². The maximum Gasteiger partial charge on any atom is 0.323 e. The summed E-state index contributed by atoms with van der Waals surface area (Å²) in [5, 5.41) is 13.1. The van der Waals surface area contributed by atoms with Crippen molar-refractivity contribution in [1.82, 2.24) is 5.43 Å². The van der Waals surface area contributed by atoms with Gasteiger partial charge in [-0.1, -0.05) is 0 Å². The molecule has 0 bridgehead atoms. The topological polar surface area (TPSA) is 154 Å². The summed E-state index contributed by atoms with van der Waals surface area (Å²) >= 11 is 0. The van der Waals surface area contributed by atoms with Gasteiger partial charge in [-0.15, -0.1) is 0 Å². The Bertz CT molecular complexity index is 808. The van der Waals surface area contributed by atoms with Gasteiger partial charge in [-0.3, -0.25) is 29.9 Å². The first-order chi connectivity index (χ1) is 13.8. The number of anilines is 1. The fourth-order valence-electron chi connectivity index (χ4n) is 3.45. The van der Waals surface area contributed by atoms with E-state index < -0.39 is 33.9 Å². The molecule has 158 valence electrons. The van der Waals surface area contributed by atoms with Crippen molar-refractivity contribution in [3.8, 4) is 0 Å². The first-order valence-corrected chi connectivity index (χ1v) is 9.22. The minimum atomic E-state index is -1.32. The van der Waals surface area contributed by atoms with Crippen LogP contribution in [0.1, 0.15) is 38.2 Å². The molecule has 0 radical (unpaired) electrons. The number of carbonyl (C=O) groups excluding carboxylic acids is 3. The summed E-state index contributed by atoms with van der Waals surface area (Å²) in [6, 6.07) is 2.38. The van der Waals surface area contributed by atoms with Crippen molar-refractivity contribution >= 4 is 29.2 Å². The molecule has 4 N–H and O–H groups in total. The van der Waals surface area contributed by atoms with Gasteiger partial charge in [-0.05, 0) is 56.6 Å². The van der Waals surface area contributed by atoms with Crippen molar-refractivity contribution in [2.75, 3.05) is 11.9 Å². The zero-order valence-corrected chi connectivity index (χ0v) is 15.9. The van der Waals surface area contributed by atoms with Crippen LogP contribution < -0.4 is 16.6 Å². The van der Waals surface area contributed by atoms with Gasteiger partial charge in [-0.25, -0.2) is 10.2 Å². The van der Waals surface area contributed by atoms with Gasteiger partial charge in [-0.2, -0.15) is 0 Å². The smallest absolute Gasteiger partial charge is 0.323 e. The predicted octanol–water partition coefficient (Wildman–Crippen LogP) is 1.57. The molecule has 2 rings (SSSR count). The molecule has 0 saturated heterocycles. The van der Waals surface area contributed by atoms with E-state index in [-0.39, 0.29) is 29.8 Å². The van der Waals surface area contributed by atoms with E-state index in [1.807, 2.05) is 5.32 Å². The SMILES string of the molecule is CCOC(=O)C1CCC(Cc2ccc([N+](=O)[O-])c(NC(=O)C(=O)NN)c2F)CC1. The lowest BCUT2D eigenvalue weighted by Crippen LogP contribution is -2.39. The molecule has 10 nitrogen and oxygen atoms in total. The van der Waals surface area contributed by atoms with Gasteiger partial charge < -0.3 is 10.1 Å². The number of esters is 1. The molecule has 11 heteroatoms. The normalized spacial score (nSPS) is 18.6. The Morgan fingerprint density at radius 1 is 1.24 bits per heavy atom. The summed E-state index contributed by atoms with van der Waals surface area (Å²) in [5.41, 5.74) is 0.404. The Kier molecular flexibility index (Phi) is 7.59. The molecule has 1 aliphatic rings. The van der Waals surface area contributed by atoms with Crippen LogP contribution in [0.5, 0.6) is 0 Å².